The first-order valence-electron chi connectivity index (χ1n) is 9.42. The summed E-state index contributed by atoms with van der Waals surface area (Å²) in [6.07, 6.45) is 1.54. The van der Waals surface area contributed by atoms with Gasteiger partial charge in [0.1, 0.15) is 11.6 Å². The van der Waals surface area contributed by atoms with Gasteiger partial charge in [-0.25, -0.2) is 13.6 Å². The van der Waals surface area contributed by atoms with Crippen LogP contribution in [0.5, 0.6) is 0 Å². The largest absolute Gasteiger partial charge is 0.321 e. The minimum Gasteiger partial charge on any atom is -0.321 e. The third kappa shape index (κ3) is 4.91. The van der Waals surface area contributed by atoms with Crippen molar-refractivity contribution >= 4 is 27.7 Å². The number of rotatable bonds is 5. The van der Waals surface area contributed by atoms with Crippen molar-refractivity contribution in [2.75, 3.05) is 5.32 Å². The molecule has 0 radical (unpaired) electrons. The lowest BCUT2D eigenvalue weighted by molar-refractivity contribution is -0.112. The zero-order valence-electron chi connectivity index (χ0n) is 17.4. The molecule has 31 heavy (non-hydrogen) atoms. The summed E-state index contributed by atoms with van der Waals surface area (Å²) in [5.41, 5.74) is 4.71. The van der Waals surface area contributed by atoms with Crippen LogP contribution in [-0.4, -0.2) is 18.9 Å². The molecule has 0 bridgehead atoms. The average molecular weight is 435 g/mol. The Morgan fingerprint density at radius 3 is 2.35 bits per heavy atom. The monoisotopic (exact) mass is 434 g/mol. The molecule has 1 heterocycles. The lowest BCUT2D eigenvalue weighted by Gasteiger charge is -2.10. The number of aromatic nitrogens is 1. The van der Waals surface area contributed by atoms with Crippen LogP contribution in [0.3, 0.4) is 0 Å². The molecule has 0 atom stereocenters. The summed E-state index contributed by atoms with van der Waals surface area (Å²) in [7, 11) is -3.77. The molecule has 0 saturated carbocycles. The predicted molar refractivity (Wildman–Crippen MR) is 120 cm³/mol. The summed E-state index contributed by atoms with van der Waals surface area (Å²) < 4.78 is 24.9. The van der Waals surface area contributed by atoms with E-state index in [0.29, 0.717) is 11.3 Å². The number of carbonyl (C=O) groups is 1. The molecule has 158 valence electrons. The van der Waals surface area contributed by atoms with Gasteiger partial charge in [0.2, 0.25) is 10.0 Å². The van der Waals surface area contributed by atoms with E-state index < -0.39 is 15.9 Å². The maximum absolute atomic E-state index is 12.6. The summed E-state index contributed by atoms with van der Waals surface area (Å²) in [5, 5.41) is 17.4. The van der Waals surface area contributed by atoms with E-state index in [1.807, 2.05) is 55.7 Å². The number of sulfonamides is 1. The van der Waals surface area contributed by atoms with Gasteiger partial charge in [-0.1, -0.05) is 12.1 Å². The highest BCUT2D eigenvalue weighted by molar-refractivity contribution is 7.89. The molecule has 3 rings (SSSR count). The molecule has 7 nitrogen and oxygen atoms in total. The molecule has 0 spiro atoms. The van der Waals surface area contributed by atoms with Crippen molar-refractivity contribution in [3.05, 3.63) is 82.7 Å². The Morgan fingerprint density at radius 2 is 1.77 bits per heavy atom. The number of nitrogens with two attached hydrogens (primary N) is 1. The lowest BCUT2D eigenvalue weighted by atomic mass is 10.1. The van der Waals surface area contributed by atoms with Gasteiger partial charge < -0.3 is 9.88 Å². The topological polar surface area (TPSA) is 118 Å². The Morgan fingerprint density at radius 1 is 1.10 bits per heavy atom. The van der Waals surface area contributed by atoms with E-state index in [-0.39, 0.29) is 10.5 Å². The molecule has 3 aromatic rings. The van der Waals surface area contributed by atoms with E-state index in [9.17, 15) is 18.5 Å². The fraction of sp³-hybridized carbons (Fsp3) is 0.130. The predicted octanol–water partition coefficient (Wildman–Crippen LogP) is 3.60. The van der Waals surface area contributed by atoms with Crippen molar-refractivity contribution in [2.24, 2.45) is 5.14 Å². The highest BCUT2D eigenvalue weighted by Gasteiger charge is 2.15. The van der Waals surface area contributed by atoms with Gasteiger partial charge in [0.25, 0.3) is 5.91 Å². The SMILES string of the molecule is Cc1cccc(NC(=O)/C(C#N)=C\c2cc(C)n(-c3ccc(S(N)(=O)=O)cc3)c2C)c1. The number of anilines is 1. The van der Waals surface area contributed by atoms with Crippen LogP contribution in [-0.2, 0) is 14.8 Å². The number of amides is 1. The Hall–Kier alpha value is -3.67. The molecule has 2 aromatic carbocycles. The summed E-state index contributed by atoms with van der Waals surface area (Å²) in [6, 6.07) is 17.3. The fourth-order valence-corrected chi connectivity index (χ4v) is 3.86. The zero-order valence-corrected chi connectivity index (χ0v) is 18.2. The second-order valence-corrected chi connectivity index (χ2v) is 8.76. The third-order valence-electron chi connectivity index (χ3n) is 4.83. The smallest absolute Gasteiger partial charge is 0.266 e. The Labute approximate surface area is 181 Å². The minimum atomic E-state index is -3.77. The number of nitrogens with zero attached hydrogens (tertiary/aromatic N) is 2. The zero-order chi connectivity index (χ0) is 22.8. The highest BCUT2D eigenvalue weighted by Crippen LogP contribution is 2.24. The Bertz CT molecular complexity index is 1330. The van der Waals surface area contributed by atoms with E-state index in [4.69, 9.17) is 5.14 Å². The van der Waals surface area contributed by atoms with Gasteiger partial charge in [-0.15, -0.1) is 0 Å². The molecule has 0 fully saturated rings. The van der Waals surface area contributed by atoms with Crippen LogP contribution in [0.25, 0.3) is 11.8 Å². The van der Waals surface area contributed by atoms with Gasteiger partial charge in [0.15, 0.2) is 0 Å². The summed E-state index contributed by atoms with van der Waals surface area (Å²) in [5.74, 6) is -0.490. The normalized spacial score (nSPS) is 11.8. The van der Waals surface area contributed by atoms with Crippen LogP contribution in [0, 0.1) is 32.1 Å². The van der Waals surface area contributed by atoms with Gasteiger partial charge in [-0.2, -0.15) is 5.26 Å². The molecule has 0 saturated heterocycles. The first kappa shape index (κ1) is 22.0. The standard InChI is InChI=1S/C23H22N4O3S/c1-15-5-4-6-20(11-15)26-23(28)19(14-24)13-18-12-16(2)27(17(18)3)21-7-9-22(10-8-21)31(25,29)30/h4-13H,1-3H3,(H,26,28)(H2,25,29,30)/b19-13-. The summed E-state index contributed by atoms with van der Waals surface area (Å²) in [6.45, 7) is 5.66. The number of hydrogen-bond donors (Lipinski definition) is 2. The van der Waals surface area contributed by atoms with Crippen molar-refractivity contribution in [2.45, 2.75) is 25.7 Å². The molecular formula is C23H22N4O3S. The van der Waals surface area contributed by atoms with Gasteiger partial charge in [0.05, 0.1) is 4.90 Å². The van der Waals surface area contributed by atoms with Crippen molar-refractivity contribution < 1.29 is 13.2 Å². The number of nitrogens with one attached hydrogen (secondary N) is 1. The number of aryl methyl sites for hydroxylation is 2. The second kappa shape index (κ2) is 8.60. The maximum Gasteiger partial charge on any atom is 0.266 e. The molecule has 1 aromatic heterocycles. The van der Waals surface area contributed by atoms with E-state index in [0.717, 1.165) is 22.6 Å². The van der Waals surface area contributed by atoms with E-state index in [1.54, 1.807) is 24.3 Å². The second-order valence-electron chi connectivity index (χ2n) is 7.19. The molecule has 0 aliphatic rings. The van der Waals surface area contributed by atoms with Gasteiger partial charge in [-0.3, -0.25) is 4.79 Å². The van der Waals surface area contributed by atoms with Crippen molar-refractivity contribution in [3.63, 3.8) is 0 Å². The number of carbonyl (C=O) groups excluding carboxylic acids is 1. The molecule has 0 aliphatic heterocycles. The van der Waals surface area contributed by atoms with Crippen LogP contribution in [0.1, 0.15) is 22.5 Å². The van der Waals surface area contributed by atoms with Gasteiger partial charge in [0, 0.05) is 22.8 Å². The lowest BCUT2D eigenvalue weighted by Crippen LogP contribution is -2.13. The van der Waals surface area contributed by atoms with E-state index in [1.165, 1.54) is 12.1 Å². The molecule has 3 N–H and O–H groups in total. The maximum atomic E-state index is 12.6. The van der Waals surface area contributed by atoms with Crippen molar-refractivity contribution in [1.29, 1.82) is 5.26 Å². The first-order valence-corrected chi connectivity index (χ1v) is 11.0. The number of nitriles is 1. The van der Waals surface area contributed by atoms with E-state index in [2.05, 4.69) is 5.32 Å². The number of hydrogen-bond acceptors (Lipinski definition) is 4. The van der Waals surface area contributed by atoms with Crippen LogP contribution in [0.15, 0.2) is 65.1 Å². The van der Waals surface area contributed by atoms with Crippen LogP contribution >= 0.6 is 0 Å². The van der Waals surface area contributed by atoms with Crippen molar-refractivity contribution in [1.82, 2.24) is 4.57 Å². The summed E-state index contributed by atoms with van der Waals surface area (Å²) in [4.78, 5) is 12.6. The minimum absolute atomic E-state index is 0.0219. The fourth-order valence-electron chi connectivity index (χ4n) is 3.34. The third-order valence-corrected chi connectivity index (χ3v) is 5.76. The van der Waals surface area contributed by atoms with Crippen LogP contribution < -0.4 is 10.5 Å². The quantitative estimate of drug-likeness (QED) is 0.471. The van der Waals surface area contributed by atoms with Gasteiger partial charge >= 0.3 is 0 Å². The first-order chi connectivity index (χ1) is 14.6. The molecule has 0 aliphatic carbocycles. The molecular weight excluding hydrogens is 412 g/mol. The van der Waals surface area contributed by atoms with Crippen molar-refractivity contribution in [3.8, 4) is 11.8 Å². The number of benzene rings is 2. The molecule has 8 heteroatoms. The van der Waals surface area contributed by atoms with E-state index >= 15 is 0 Å². The highest BCUT2D eigenvalue weighted by atomic mass is 32.2. The van der Waals surface area contributed by atoms with Gasteiger partial charge in [-0.05, 0) is 80.4 Å². The Balaban J connectivity index is 1.93. The van der Waals surface area contributed by atoms with Crippen LogP contribution in [0.4, 0.5) is 5.69 Å². The Kier molecular flexibility index (Phi) is 6.11. The number of primary sulfonamides is 1. The average Bonchev–Trinajstić information content (AvgIpc) is 2.98. The summed E-state index contributed by atoms with van der Waals surface area (Å²) >= 11 is 0. The molecule has 1 amide bonds. The van der Waals surface area contributed by atoms with Crippen LogP contribution in [0.2, 0.25) is 0 Å². The molecule has 0 unspecified atom stereocenters.